The van der Waals surface area contributed by atoms with Crippen molar-refractivity contribution >= 4 is 39.1 Å². The van der Waals surface area contributed by atoms with E-state index in [1.54, 1.807) is 35.9 Å². The van der Waals surface area contributed by atoms with Crippen LogP contribution < -0.4 is 5.32 Å². The number of rotatable bonds is 5. The van der Waals surface area contributed by atoms with Crippen LogP contribution in [0.3, 0.4) is 0 Å². The molecule has 0 saturated carbocycles. The first kappa shape index (κ1) is 19.0. The maximum Gasteiger partial charge on any atom is 0.254 e. The Morgan fingerprint density at radius 3 is 2.73 bits per heavy atom. The Labute approximate surface area is 165 Å². The lowest BCUT2D eigenvalue weighted by Gasteiger charge is -2.21. The van der Waals surface area contributed by atoms with Crippen molar-refractivity contribution < 1.29 is 9.59 Å². The van der Waals surface area contributed by atoms with E-state index in [0.717, 1.165) is 22.3 Å². The van der Waals surface area contributed by atoms with Gasteiger partial charge in [-0.3, -0.25) is 19.5 Å². The molecule has 2 aromatic rings. The highest BCUT2D eigenvalue weighted by atomic mass is 79.9. The number of aromatic nitrogens is 1. The zero-order valence-electron chi connectivity index (χ0n) is 14.4. The van der Waals surface area contributed by atoms with Gasteiger partial charge in [-0.1, -0.05) is 0 Å². The van der Waals surface area contributed by atoms with Crippen molar-refractivity contribution in [3.05, 3.63) is 50.9 Å². The lowest BCUT2D eigenvalue weighted by molar-refractivity contribution is -0.122. The van der Waals surface area contributed by atoms with Crippen LogP contribution in [0.1, 0.15) is 21.7 Å². The fourth-order valence-electron chi connectivity index (χ4n) is 2.90. The van der Waals surface area contributed by atoms with Crippen molar-refractivity contribution in [2.24, 2.45) is 0 Å². The first-order valence-corrected chi connectivity index (χ1v) is 10.2. The molecule has 8 heteroatoms. The van der Waals surface area contributed by atoms with Gasteiger partial charge < -0.3 is 10.2 Å². The molecule has 0 aliphatic carbocycles. The minimum Gasteiger partial charge on any atom is -0.350 e. The smallest absolute Gasteiger partial charge is 0.254 e. The van der Waals surface area contributed by atoms with Crippen LogP contribution in [-0.4, -0.2) is 59.3 Å². The normalized spacial score (nSPS) is 15.5. The van der Waals surface area contributed by atoms with E-state index in [2.05, 4.69) is 31.1 Å². The molecule has 3 heterocycles. The molecule has 0 bridgehead atoms. The Morgan fingerprint density at radius 2 is 2.00 bits per heavy atom. The maximum absolute atomic E-state index is 12.5. The highest BCUT2D eigenvalue weighted by Gasteiger charge is 2.21. The van der Waals surface area contributed by atoms with E-state index >= 15 is 0 Å². The van der Waals surface area contributed by atoms with Crippen LogP contribution in [0.4, 0.5) is 0 Å². The van der Waals surface area contributed by atoms with Gasteiger partial charge in [0, 0.05) is 58.9 Å². The SMILES string of the molecule is O=C(CN1CCCN(C(=O)c2ccncc2)CC1)NCc1cc(Br)cs1. The molecule has 1 saturated heterocycles. The van der Waals surface area contributed by atoms with Gasteiger partial charge in [0.15, 0.2) is 0 Å². The van der Waals surface area contributed by atoms with Gasteiger partial charge >= 0.3 is 0 Å². The molecule has 0 unspecified atom stereocenters. The van der Waals surface area contributed by atoms with Gasteiger partial charge in [0.25, 0.3) is 5.91 Å². The van der Waals surface area contributed by atoms with Crippen LogP contribution in [0.25, 0.3) is 0 Å². The summed E-state index contributed by atoms with van der Waals surface area (Å²) in [6.07, 6.45) is 4.13. The van der Waals surface area contributed by atoms with Crippen LogP contribution in [0, 0.1) is 0 Å². The summed E-state index contributed by atoms with van der Waals surface area (Å²) in [5.74, 6) is 0.0467. The highest BCUT2D eigenvalue weighted by molar-refractivity contribution is 9.10. The van der Waals surface area contributed by atoms with Gasteiger partial charge in [-0.05, 0) is 40.5 Å². The number of hydrogen-bond acceptors (Lipinski definition) is 5. The fraction of sp³-hybridized carbons (Fsp3) is 0.389. The molecule has 1 aliphatic heterocycles. The van der Waals surface area contributed by atoms with E-state index in [-0.39, 0.29) is 11.8 Å². The van der Waals surface area contributed by atoms with Crippen LogP contribution in [-0.2, 0) is 11.3 Å². The number of pyridine rings is 1. The second-order valence-electron chi connectivity index (χ2n) is 6.17. The Kier molecular flexibility index (Phi) is 6.76. The Morgan fingerprint density at radius 1 is 1.19 bits per heavy atom. The van der Waals surface area contributed by atoms with Gasteiger partial charge in [0.1, 0.15) is 0 Å². The van der Waals surface area contributed by atoms with E-state index in [1.165, 1.54) is 0 Å². The van der Waals surface area contributed by atoms with Crippen molar-refractivity contribution in [1.82, 2.24) is 20.1 Å². The summed E-state index contributed by atoms with van der Waals surface area (Å²) >= 11 is 5.03. The molecule has 6 nitrogen and oxygen atoms in total. The van der Waals surface area contributed by atoms with Gasteiger partial charge in [-0.15, -0.1) is 11.3 Å². The van der Waals surface area contributed by atoms with Crippen LogP contribution in [0.15, 0.2) is 40.4 Å². The first-order chi connectivity index (χ1) is 12.6. The predicted octanol–water partition coefficient (Wildman–Crippen LogP) is 2.37. The summed E-state index contributed by atoms with van der Waals surface area (Å²) in [7, 11) is 0. The number of hydrogen-bond donors (Lipinski definition) is 1. The molecule has 0 spiro atoms. The number of nitrogens with one attached hydrogen (secondary N) is 1. The fourth-order valence-corrected chi connectivity index (χ4v) is 4.29. The molecule has 2 amide bonds. The van der Waals surface area contributed by atoms with Crippen molar-refractivity contribution in [1.29, 1.82) is 0 Å². The number of halogens is 1. The Bertz CT molecular complexity index is 753. The molecule has 1 fully saturated rings. The number of carbonyl (C=O) groups is 2. The number of nitrogens with zero attached hydrogens (tertiary/aromatic N) is 3. The van der Waals surface area contributed by atoms with E-state index in [0.29, 0.717) is 38.3 Å². The van der Waals surface area contributed by atoms with Crippen LogP contribution in [0.5, 0.6) is 0 Å². The van der Waals surface area contributed by atoms with Crippen molar-refractivity contribution in [2.75, 3.05) is 32.7 Å². The molecule has 0 atom stereocenters. The molecule has 26 heavy (non-hydrogen) atoms. The molecule has 0 radical (unpaired) electrons. The third kappa shape index (κ3) is 5.36. The first-order valence-electron chi connectivity index (χ1n) is 8.53. The number of carbonyl (C=O) groups excluding carboxylic acids is 2. The van der Waals surface area contributed by atoms with Gasteiger partial charge in [0.05, 0.1) is 13.1 Å². The minimum atomic E-state index is 0.0171. The highest BCUT2D eigenvalue weighted by Crippen LogP contribution is 2.19. The van der Waals surface area contributed by atoms with Gasteiger partial charge in [-0.2, -0.15) is 0 Å². The molecule has 3 rings (SSSR count). The van der Waals surface area contributed by atoms with Crippen LogP contribution in [0.2, 0.25) is 0 Å². The molecule has 138 valence electrons. The summed E-state index contributed by atoms with van der Waals surface area (Å²) in [4.78, 5) is 33.8. The lowest BCUT2D eigenvalue weighted by Crippen LogP contribution is -2.39. The topological polar surface area (TPSA) is 65.5 Å². The maximum atomic E-state index is 12.5. The molecule has 2 aromatic heterocycles. The molecular weight excluding hydrogens is 416 g/mol. The molecule has 1 N–H and O–H groups in total. The molecule has 1 aliphatic rings. The second-order valence-corrected chi connectivity index (χ2v) is 8.08. The Hall–Kier alpha value is -1.77. The number of amides is 2. The summed E-state index contributed by atoms with van der Waals surface area (Å²) in [6.45, 7) is 3.78. The average molecular weight is 437 g/mol. The average Bonchev–Trinajstić information content (AvgIpc) is 2.93. The van der Waals surface area contributed by atoms with Gasteiger partial charge in [0.2, 0.25) is 5.91 Å². The van der Waals surface area contributed by atoms with E-state index in [9.17, 15) is 9.59 Å². The van der Waals surface area contributed by atoms with Crippen molar-refractivity contribution in [3.8, 4) is 0 Å². The van der Waals surface area contributed by atoms with Crippen molar-refractivity contribution in [3.63, 3.8) is 0 Å². The molecule has 0 aromatic carbocycles. The second kappa shape index (κ2) is 9.25. The Balaban J connectivity index is 1.46. The number of thiophene rings is 1. The van der Waals surface area contributed by atoms with Crippen molar-refractivity contribution in [2.45, 2.75) is 13.0 Å². The van der Waals surface area contributed by atoms with E-state index < -0.39 is 0 Å². The monoisotopic (exact) mass is 436 g/mol. The molecular formula is C18H21BrN4O2S. The summed E-state index contributed by atoms with van der Waals surface area (Å²) in [5.41, 5.74) is 0.660. The summed E-state index contributed by atoms with van der Waals surface area (Å²) < 4.78 is 1.04. The summed E-state index contributed by atoms with van der Waals surface area (Å²) in [6, 6.07) is 5.49. The quantitative estimate of drug-likeness (QED) is 0.780. The third-order valence-corrected chi connectivity index (χ3v) is 5.95. The lowest BCUT2D eigenvalue weighted by atomic mass is 10.2. The van der Waals surface area contributed by atoms with Crippen LogP contribution >= 0.6 is 27.3 Å². The zero-order valence-corrected chi connectivity index (χ0v) is 16.8. The van der Waals surface area contributed by atoms with E-state index in [1.807, 2.05) is 16.3 Å². The predicted molar refractivity (Wildman–Crippen MR) is 105 cm³/mol. The van der Waals surface area contributed by atoms with Gasteiger partial charge in [-0.25, -0.2) is 0 Å². The zero-order chi connectivity index (χ0) is 18.4. The standard InChI is InChI=1S/C18H21BrN4O2S/c19-15-10-16(26-13-15)11-21-17(24)12-22-6-1-7-23(9-8-22)18(25)14-2-4-20-5-3-14/h2-5,10,13H,1,6-9,11-12H2,(H,21,24). The summed E-state index contributed by atoms with van der Waals surface area (Å²) in [5, 5.41) is 4.97. The largest absolute Gasteiger partial charge is 0.350 e. The third-order valence-electron chi connectivity index (χ3n) is 4.25. The minimum absolute atomic E-state index is 0.0171. The van der Waals surface area contributed by atoms with E-state index in [4.69, 9.17) is 0 Å².